The summed E-state index contributed by atoms with van der Waals surface area (Å²) in [5, 5.41) is 0. The van der Waals surface area contributed by atoms with Crippen molar-refractivity contribution >= 4 is 0 Å². The maximum atomic E-state index is 5.38. The van der Waals surface area contributed by atoms with Crippen molar-refractivity contribution in [2.45, 2.75) is 19.8 Å². The van der Waals surface area contributed by atoms with Gasteiger partial charge in [-0.05, 0) is 6.42 Å². The van der Waals surface area contributed by atoms with E-state index in [1.54, 1.807) is 7.11 Å². The molecule has 3 heteroatoms. The van der Waals surface area contributed by atoms with Crippen LogP contribution in [0.5, 0.6) is 0 Å². The quantitative estimate of drug-likeness (QED) is 0.604. The van der Waals surface area contributed by atoms with Crippen LogP contribution in [0.1, 0.15) is 19.8 Å². The van der Waals surface area contributed by atoms with E-state index in [4.69, 9.17) is 9.47 Å². The molecule has 1 heterocycles. The van der Waals surface area contributed by atoms with Gasteiger partial charge in [0.05, 0.1) is 19.8 Å². The Kier molecular flexibility index (Phi) is 4.70. The van der Waals surface area contributed by atoms with Gasteiger partial charge >= 0.3 is 0 Å². The molecular weight excluding hydrogens is 166 g/mol. The zero-order chi connectivity index (χ0) is 9.57. The lowest BCUT2D eigenvalue weighted by Crippen LogP contribution is -2.56. The Morgan fingerprint density at radius 1 is 1.31 bits per heavy atom. The summed E-state index contributed by atoms with van der Waals surface area (Å²) in [6.07, 6.45) is 2.56. The Morgan fingerprint density at radius 2 is 2.00 bits per heavy atom. The fraction of sp³-hybridized carbons (Fsp3) is 1.00. The van der Waals surface area contributed by atoms with Crippen LogP contribution in [0, 0.1) is 0 Å². The van der Waals surface area contributed by atoms with Crippen molar-refractivity contribution < 1.29 is 14.0 Å². The Bertz CT molecular complexity index is 127. The average molecular weight is 188 g/mol. The molecule has 0 N–H and O–H groups in total. The number of methoxy groups -OCH3 is 1. The molecule has 3 nitrogen and oxygen atoms in total. The first-order valence-corrected chi connectivity index (χ1v) is 5.25. The first-order chi connectivity index (χ1) is 6.33. The van der Waals surface area contributed by atoms with Crippen molar-refractivity contribution in [3.63, 3.8) is 0 Å². The van der Waals surface area contributed by atoms with E-state index in [0.29, 0.717) is 0 Å². The fourth-order valence-electron chi connectivity index (χ4n) is 1.91. The van der Waals surface area contributed by atoms with E-state index < -0.39 is 0 Å². The van der Waals surface area contributed by atoms with Crippen LogP contribution in [0.2, 0.25) is 0 Å². The predicted molar refractivity (Wildman–Crippen MR) is 52.5 cm³/mol. The summed E-state index contributed by atoms with van der Waals surface area (Å²) in [4.78, 5) is 0. The summed E-state index contributed by atoms with van der Waals surface area (Å²) < 4.78 is 11.8. The normalized spacial score (nSPS) is 21.7. The van der Waals surface area contributed by atoms with Crippen LogP contribution in [-0.2, 0) is 9.47 Å². The highest BCUT2D eigenvalue weighted by Gasteiger charge is 2.29. The van der Waals surface area contributed by atoms with Crippen LogP contribution in [-0.4, -0.2) is 51.2 Å². The van der Waals surface area contributed by atoms with E-state index in [-0.39, 0.29) is 0 Å². The fourth-order valence-corrected chi connectivity index (χ4v) is 1.91. The molecule has 0 unspecified atom stereocenters. The second-order valence-electron chi connectivity index (χ2n) is 3.90. The van der Waals surface area contributed by atoms with Gasteiger partial charge < -0.3 is 9.47 Å². The monoisotopic (exact) mass is 188 g/mol. The maximum Gasteiger partial charge on any atom is 0.182 e. The zero-order valence-electron chi connectivity index (χ0n) is 8.92. The molecule has 0 bridgehead atoms. The molecule has 0 spiro atoms. The molecule has 0 aromatic heterocycles. The number of nitrogens with zero attached hydrogens (tertiary/aromatic N) is 1. The topological polar surface area (TPSA) is 18.5 Å². The van der Waals surface area contributed by atoms with E-state index >= 15 is 0 Å². The standard InChI is InChI=1S/C10H22NO2/c1-3-4-5-11(10-12-2)6-8-13-9-7-11/h3-10H2,1-2H3/q+1. The van der Waals surface area contributed by atoms with Gasteiger partial charge in [-0.3, -0.25) is 4.48 Å². The molecule has 0 aromatic rings. The van der Waals surface area contributed by atoms with Gasteiger partial charge in [0.15, 0.2) is 6.73 Å². The molecule has 1 aliphatic rings. The van der Waals surface area contributed by atoms with Crippen LogP contribution in [0.25, 0.3) is 0 Å². The molecule has 0 aromatic carbocycles. The van der Waals surface area contributed by atoms with E-state index in [0.717, 1.165) is 37.5 Å². The number of quaternary nitrogens is 1. The third-order valence-electron chi connectivity index (χ3n) is 2.81. The van der Waals surface area contributed by atoms with Crippen molar-refractivity contribution in [1.82, 2.24) is 0 Å². The third kappa shape index (κ3) is 3.25. The number of morpholine rings is 1. The number of hydrogen-bond acceptors (Lipinski definition) is 2. The predicted octanol–water partition coefficient (Wildman–Crippen LogP) is 1.24. The van der Waals surface area contributed by atoms with E-state index in [1.165, 1.54) is 19.4 Å². The molecule has 0 aliphatic carbocycles. The Hall–Kier alpha value is -0.120. The molecule has 78 valence electrons. The Morgan fingerprint density at radius 3 is 2.54 bits per heavy atom. The van der Waals surface area contributed by atoms with Crippen LogP contribution in [0.4, 0.5) is 0 Å². The van der Waals surface area contributed by atoms with Crippen LogP contribution in [0.3, 0.4) is 0 Å². The van der Waals surface area contributed by atoms with Gasteiger partial charge in [0.2, 0.25) is 0 Å². The van der Waals surface area contributed by atoms with Crippen molar-refractivity contribution in [3.8, 4) is 0 Å². The summed E-state index contributed by atoms with van der Waals surface area (Å²) >= 11 is 0. The van der Waals surface area contributed by atoms with Gasteiger partial charge in [-0.2, -0.15) is 0 Å². The minimum Gasteiger partial charge on any atom is -0.370 e. The van der Waals surface area contributed by atoms with Crippen molar-refractivity contribution in [1.29, 1.82) is 0 Å². The zero-order valence-corrected chi connectivity index (χ0v) is 8.92. The number of rotatable bonds is 5. The number of unbranched alkanes of at least 4 members (excludes halogenated alkanes) is 1. The lowest BCUT2D eigenvalue weighted by molar-refractivity contribution is -0.952. The summed E-state index contributed by atoms with van der Waals surface area (Å²) in [5.74, 6) is 0. The molecule has 0 atom stereocenters. The largest absolute Gasteiger partial charge is 0.370 e. The van der Waals surface area contributed by atoms with Gasteiger partial charge in [0.25, 0.3) is 0 Å². The van der Waals surface area contributed by atoms with Crippen molar-refractivity contribution in [2.24, 2.45) is 0 Å². The molecule has 0 saturated carbocycles. The number of ether oxygens (including phenoxy) is 2. The molecule has 13 heavy (non-hydrogen) atoms. The average Bonchev–Trinajstić information content (AvgIpc) is 2.17. The van der Waals surface area contributed by atoms with Crippen LogP contribution < -0.4 is 0 Å². The molecule has 1 saturated heterocycles. The van der Waals surface area contributed by atoms with Gasteiger partial charge in [-0.25, -0.2) is 0 Å². The third-order valence-corrected chi connectivity index (χ3v) is 2.81. The Labute approximate surface area is 81.2 Å². The first kappa shape index (κ1) is 11.0. The maximum absolute atomic E-state index is 5.38. The van der Waals surface area contributed by atoms with Crippen LogP contribution in [0.15, 0.2) is 0 Å². The first-order valence-electron chi connectivity index (χ1n) is 5.25. The second kappa shape index (κ2) is 5.58. The van der Waals surface area contributed by atoms with Gasteiger partial charge in [-0.15, -0.1) is 0 Å². The van der Waals surface area contributed by atoms with Crippen LogP contribution >= 0.6 is 0 Å². The smallest absolute Gasteiger partial charge is 0.182 e. The highest BCUT2D eigenvalue weighted by Crippen LogP contribution is 2.13. The van der Waals surface area contributed by atoms with E-state index in [9.17, 15) is 0 Å². The van der Waals surface area contributed by atoms with Crippen molar-refractivity contribution in [3.05, 3.63) is 0 Å². The molecule has 0 radical (unpaired) electrons. The minimum atomic E-state index is 0.851. The molecule has 1 rings (SSSR count). The van der Waals surface area contributed by atoms with Gasteiger partial charge in [0.1, 0.15) is 13.1 Å². The van der Waals surface area contributed by atoms with Crippen molar-refractivity contribution in [2.75, 3.05) is 46.7 Å². The summed E-state index contributed by atoms with van der Waals surface area (Å²) in [7, 11) is 1.79. The highest BCUT2D eigenvalue weighted by atomic mass is 16.5. The SMILES string of the molecule is CCCC[N+]1(COC)CCOCC1. The van der Waals surface area contributed by atoms with Gasteiger partial charge in [-0.1, -0.05) is 13.3 Å². The Balaban J connectivity index is 2.40. The minimum absolute atomic E-state index is 0.851. The summed E-state index contributed by atoms with van der Waals surface area (Å²) in [6, 6.07) is 0. The summed E-state index contributed by atoms with van der Waals surface area (Å²) in [5.41, 5.74) is 0. The van der Waals surface area contributed by atoms with Gasteiger partial charge in [0, 0.05) is 7.11 Å². The molecule has 0 amide bonds. The second-order valence-corrected chi connectivity index (χ2v) is 3.90. The van der Waals surface area contributed by atoms with E-state index in [1.807, 2.05) is 0 Å². The molecule has 1 fully saturated rings. The van der Waals surface area contributed by atoms with E-state index in [2.05, 4.69) is 6.92 Å². The summed E-state index contributed by atoms with van der Waals surface area (Å²) in [6.45, 7) is 8.36. The lowest BCUT2D eigenvalue weighted by atomic mass is 10.2. The molecule has 1 aliphatic heterocycles. The number of hydrogen-bond donors (Lipinski definition) is 0. The lowest BCUT2D eigenvalue weighted by Gasteiger charge is -2.40. The molecular formula is C10H22NO2+. The highest BCUT2D eigenvalue weighted by molar-refractivity contribution is 4.48.